The maximum absolute atomic E-state index is 13.7. The molecule has 25 heavy (non-hydrogen) atoms. The van der Waals surface area contributed by atoms with Crippen molar-refractivity contribution in [2.24, 2.45) is 0 Å². The van der Waals surface area contributed by atoms with Crippen LogP contribution in [0.4, 0.5) is 16.0 Å². The highest BCUT2D eigenvalue weighted by molar-refractivity contribution is 7.80. The molecule has 0 spiro atoms. The number of aromatic nitrogens is 3. The van der Waals surface area contributed by atoms with E-state index in [0.717, 1.165) is 0 Å². The summed E-state index contributed by atoms with van der Waals surface area (Å²) in [6, 6.07) is 11.5. The van der Waals surface area contributed by atoms with Gasteiger partial charge in [-0.05, 0) is 36.5 Å². The highest BCUT2D eigenvalue weighted by Crippen LogP contribution is 2.22. The molecule has 0 saturated carbocycles. The Balaban J connectivity index is 1.63. The topological polar surface area (TPSA) is 54.8 Å². The van der Waals surface area contributed by atoms with Crippen molar-refractivity contribution >= 4 is 52.2 Å². The summed E-state index contributed by atoms with van der Waals surface area (Å²) in [5, 5.41) is 11.3. The van der Waals surface area contributed by atoms with Crippen molar-refractivity contribution in [3.05, 3.63) is 70.2 Å². The summed E-state index contributed by atoms with van der Waals surface area (Å²) in [6.07, 6.45) is 1.49. The molecule has 0 saturated heterocycles. The average Bonchev–Trinajstić information content (AvgIpc) is 2.95. The van der Waals surface area contributed by atoms with Crippen LogP contribution in [0.5, 0.6) is 0 Å². The molecule has 0 amide bonds. The quantitative estimate of drug-likeness (QED) is 0.633. The zero-order chi connectivity index (χ0) is 17.8. The van der Waals surface area contributed by atoms with E-state index in [1.807, 2.05) is 0 Å². The molecule has 128 valence electrons. The minimum absolute atomic E-state index is 0.269. The van der Waals surface area contributed by atoms with E-state index in [-0.39, 0.29) is 17.5 Å². The number of halogens is 3. The van der Waals surface area contributed by atoms with Crippen LogP contribution in [0, 0.1) is 5.82 Å². The Morgan fingerprint density at radius 3 is 2.56 bits per heavy atom. The van der Waals surface area contributed by atoms with Crippen molar-refractivity contribution in [1.82, 2.24) is 14.8 Å². The third kappa shape index (κ3) is 4.88. The fourth-order valence-electron chi connectivity index (χ4n) is 2.12. The van der Waals surface area contributed by atoms with Gasteiger partial charge in [0.15, 0.2) is 5.11 Å². The summed E-state index contributed by atoms with van der Waals surface area (Å²) in [7, 11) is 0. The summed E-state index contributed by atoms with van der Waals surface area (Å²) in [4.78, 5) is 4.10. The Morgan fingerprint density at radius 2 is 1.84 bits per heavy atom. The molecule has 3 rings (SSSR count). The Hall–Kier alpha value is -2.22. The summed E-state index contributed by atoms with van der Waals surface area (Å²) in [5.74, 6) is 0.00416. The lowest BCUT2D eigenvalue weighted by Gasteiger charge is -2.08. The molecule has 2 N–H and O–H groups in total. The number of hydrogen-bond donors (Lipinski definition) is 2. The first-order chi connectivity index (χ1) is 12.0. The van der Waals surface area contributed by atoms with Gasteiger partial charge in [0.1, 0.15) is 12.1 Å². The van der Waals surface area contributed by atoms with Crippen molar-refractivity contribution in [3.8, 4) is 0 Å². The molecule has 1 heterocycles. The first-order valence-electron chi connectivity index (χ1n) is 7.16. The molecule has 0 radical (unpaired) electrons. The van der Waals surface area contributed by atoms with Crippen molar-refractivity contribution in [2.45, 2.75) is 6.54 Å². The number of nitrogens with one attached hydrogen (secondary N) is 2. The van der Waals surface area contributed by atoms with Gasteiger partial charge < -0.3 is 5.32 Å². The summed E-state index contributed by atoms with van der Waals surface area (Å²) in [5.41, 5.74) is 1.16. The lowest BCUT2D eigenvalue weighted by atomic mass is 10.2. The van der Waals surface area contributed by atoms with Gasteiger partial charge in [-0.2, -0.15) is 0 Å². The lowest BCUT2D eigenvalue weighted by Crippen LogP contribution is -2.20. The largest absolute Gasteiger partial charge is 0.332 e. The first-order valence-corrected chi connectivity index (χ1v) is 8.33. The zero-order valence-electron chi connectivity index (χ0n) is 12.7. The number of hydrogen-bond acceptors (Lipinski definition) is 3. The number of nitrogens with zero attached hydrogens (tertiary/aromatic N) is 3. The summed E-state index contributed by atoms with van der Waals surface area (Å²) in [6.45, 7) is 0.269. The predicted octanol–water partition coefficient (Wildman–Crippen LogP) is 4.58. The number of rotatable bonds is 4. The fourth-order valence-corrected chi connectivity index (χ4v) is 2.85. The van der Waals surface area contributed by atoms with Gasteiger partial charge in [0, 0.05) is 21.3 Å². The lowest BCUT2D eigenvalue weighted by molar-refractivity contribution is 0.585. The molecule has 5 nitrogen and oxygen atoms in total. The molecule has 0 aliphatic heterocycles. The van der Waals surface area contributed by atoms with E-state index in [4.69, 9.17) is 35.4 Å². The van der Waals surface area contributed by atoms with Crippen LogP contribution in [0.2, 0.25) is 10.0 Å². The van der Waals surface area contributed by atoms with Crippen LogP contribution in [-0.2, 0) is 6.54 Å². The molecule has 2 aromatic carbocycles. The molecule has 0 atom stereocenters. The van der Waals surface area contributed by atoms with E-state index in [9.17, 15) is 4.39 Å². The second-order valence-corrected chi connectivity index (χ2v) is 6.38. The van der Waals surface area contributed by atoms with Crippen LogP contribution in [0.1, 0.15) is 5.56 Å². The highest BCUT2D eigenvalue weighted by atomic mass is 35.5. The first kappa shape index (κ1) is 17.6. The molecule has 0 fully saturated rings. The van der Waals surface area contributed by atoms with Gasteiger partial charge in [0.2, 0.25) is 5.95 Å². The fraction of sp³-hybridized carbons (Fsp3) is 0.0625. The van der Waals surface area contributed by atoms with E-state index >= 15 is 0 Å². The van der Waals surface area contributed by atoms with Crippen LogP contribution in [-0.4, -0.2) is 19.9 Å². The summed E-state index contributed by atoms with van der Waals surface area (Å²) < 4.78 is 15.2. The minimum atomic E-state index is -0.289. The van der Waals surface area contributed by atoms with E-state index < -0.39 is 0 Å². The van der Waals surface area contributed by atoms with E-state index in [1.54, 1.807) is 36.4 Å². The van der Waals surface area contributed by atoms with Gasteiger partial charge in [-0.1, -0.05) is 41.4 Å². The second kappa shape index (κ2) is 7.77. The van der Waals surface area contributed by atoms with Gasteiger partial charge in [0.25, 0.3) is 0 Å². The van der Waals surface area contributed by atoms with Crippen molar-refractivity contribution < 1.29 is 4.39 Å². The standard InChI is InChI=1S/C16H12Cl2FN5S/c17-11-5-12(18)7-13(6-11)21-16(25)22-15-20-9-24(23-15)8-10-3-1-2-4-14(10)19/h1-7,9H,8H2,(H2,21,22,23,25). The molecule has 0 bridgehead atoms. The molecule has 0 aliphatic rings. The Morgan fingerprint density at radius 1 is 1.12 bits per heavy atom. The van der Waals surface area contributed by atoms with E-state index in [0.29, 0.717) is 27.2 Å². The van der Waals surface area contributed by atoms with Crippen LogP contribution in [0.25, 0.3) is 0 Å². The van der Waals surface area contributed by atoms with E-state index in [2.05, 4.69) is 20.7 Å². The maximum atomic E-state index is 13.7. The monoisotopic (exact) mass is 395 g/mol. The molecular weight excluding hydrogens is 384 g/mol. The van der Waals surface area contributed by atoms with Gasteiger partial charge in [0.05, 0.1) is 6.54 Å². The molecule has 3 aromatic rings. The zero-order valence-corrected chi connectivity index (χ0v) is 15.0. The second-order valence-electron chi connectivity index (χ2n) is 5.09. The Labute approximate surface area is 158 Å². The van der Waals surface area contributed by atoms with Crippen molar-refractivity contribution in [2.75, 3.05) is 10.6 Å². The highest BCUT2D eigenvalue weighted by Gasteiger charge is 2.07. The predicted molar refractivity (Wildman–Crippen MR) is 102 cm³/mol. The van der Waals surface area contributed by atoms with Crippen LogP contribution >= 0.6 is 35.4 Å². The molecule has 0 unspecified atom stereocenters. The van der Waals surface area contributed by atoms with Crippen LogP contribution < -0.4 is 10.6 Å². The number of benzene rings is 2. The summed E-state index contributed by atoms with van der Waals surface area (Å²) >= 11 is 17.1. The minimum Gasteiger partial charge on any atom is -0.332 e. The average molecular weight is 396 g/mol. The smallest absolute Gasteiger partial charge is 0.248 e. The normalized spacial score (nSPS) is 10.5. The van der Waals surface area contributed by atoms with Gasteiger partial charge in [-0.15, -0.1) is 5.10 Å². The molecule has 1 aromatic heterocycles. The Kier molecular flexibility index (Phi) is 5.47. The number of thiocarbonyl (C=S) groups is 1. The van der Waals surface area contributed by atoms with Gasteiger partial charge in [-0.3, -0.25) is 5.32 Å². The van der Waals surface area contributed by atoms with Gasteiger partial charge >= 0.3 is 0 Å². The molecule has 9 heteroatoms. The van der Waals surface area contributed by atoms with Crippen molar-refractivity contribution in [1.29, 1.82) is 0 Å². The van der Waals surface area contributed by atoms with Crippen molar-refractivity contribution in [3.63, 3.8) is 0 Å². The van der Waals surface area contributed by atoms with Gasteiger partial charge in [-0.25, -0.2) is 14.1 Å². The SMILES string of the molecule is Fc1ccccc1Cn1cnc(NC(=S)Nc2cc(Cl)cc(Cl)c2)n1. The molecular formula is C16H12Cl2FN5S. The third-order valence-electron chi connectivity index (χ3n) is 3.17. The van der Waals surface area contributed by atoms with Crippen LogP contribution in [0.15, 0.2) is 48.8 Å². The van der Waals surface area contributed by atoms with Crippen LogP contribution in [0.3, 0.4) is 0 Å². The maximum Gasteiger partial charge on any atom is 0.248 e. The third-order valence-corrected chi connectivity index (χ3v) is 3.81. The van der Waals surface area contributed by atoms with E-state index in [1.165, 1.54) is 17.1 Å². The Bertz CT molecular complexity index is 895. The number of anilines is 2. The molecule has 0 aliphatic carbocycles.